The molecule has 0 spiro atoms. The number of amides is 1. The molecular formula is C2H4NO4P. The Kier molecular flexibility index (Phi) is 4.11. The quantitative estimate of drug-likeness (QED) is 0.343. The molecule has 0 atom stereocenters. The fourth-order valence-electron chi connectivity index (χ4n) is 0.106. The zero-order valence-electron chi connectivity index (χ0n) is 3.86. The highest BCUT2D eigenvalue weighted by molar-refractivity contribution is 7.17. The Balaban J connectivity index is 2.93. The summed E-state index contributed by atoms with van der Waals surface area (Å²) in [5, 5.41) is 0. The van der Waals surface area contributed by atoms with Crippen LogP contribution in [0.1, 0.15) is 0 Å². The van der Waals surface area contributed by atoms with Crippen molar-refractivity contribution in [3.8, 4) is 0 Å². The van der Waals surface area contributed by atoms with E-state index in [-0.39, 0.29) is 6.79 Å². The average molecular weight is 137 g/mol. The Hall–Kier alpha value is -0.670. The van der Waals surface area contributed by atoms with Gasteiger partial charge in [0.15, 0.2) is 0 Å². The van der Waals surface area contributed by atoms with Crippen LogP contribution in [-0.2, 0) is 13.8 Å². The largest absolute Gasteiger partial charge is 0.422 e. The van der Waals surface area contributed by atoms with Crippen molar-refractivity contribution in [1.29, 1.82) is 0 Å². The van der Waals surface area contributed by atoms with Crippen LogP contribution in [0.25, 0.3) is 0 Å². The lowest BCUT2D eigenvalue weighted by atomic mass is 11.2. The van der Waals surface area contributed by atoms with Gasteiger partial charge in [0.2, 0.25) is 6.79 Å². The third-order valence-corrected chi connectivity index (χ3v) is 0.517. The Morgan fingerprint density at radius 2 is 2.38 bits per heavy atom. The number of rotatable bonds is 3. The summed E-state index contributed by atoms with van der Waals surface area (Å²) in [5.41, 5.74) is 4.49. The van der Waals surface area contributed by atoms with Gasteiger partial charge in [0.25, 0.3) is 0 Å². The molecule has 0 aliphatic rings. The van der Waals surface area contributed by atoms with Crippen molar-refractivity contribution in [2.24, 2.45) is 5.73 Å². The van der Waals surface area contributed by atoms with E-state index in [1.165, 1.54) is 0 Å². The fourth-order valence-corrected chi connectivity index (χ4v) is 0.202. The molecule has 0 aromatic rings. The minimum absolute atomic E-state index is 0.375. The van der Waals surface area contributed by atoms with Gasteiger partial charge in [-0.1, -0.05) is 0 Å². The van der Waals surface area contributed by atoms with Gasteiger partial charge in [-0.05, 0) is 0 Å². The molecule has 0 unspecified atom stereocenters. The smallest absolute Gasteiger partial charge is 0.406 e. The Labute approximate surface area is 47.0 Å². The molecule has 0 radical (unpaired) electrons. The van der Waals surface area contributed by atoms with Gasteiger partial charge in [-0.15, -0.1) is 0 Å². The van der Waals surface area contributed by atoms with E-state index in [4.69, 9.17) is 0 Å². The number of nitrogens with two attached hydrogens (primary N) is 1. The van der Waals surface area contributed by atoms with E-state index in [0.717, 1.165) is 0 Å². The van der Waals surface area contributed by atoms with Crippen molar-refractivity contribution in [2.45, 2.75) is 0 Å². The summed E-state index contributed by atoms with van der Waals surface area (Å²) in [5.74, 6) is 0. The summed E-state index contributed by atoms with van der Waals surface area (Å²) < 4.78 is 17.5. The van der Waals surface area contributed by atoms with Crippen LogP contribution in [0.15, 0.2) is 0 Å². The van der Waals surface area contributed by atoms with Gasteiger partial charge < -0.3 is 10.5 Å². The van der Waals surface area contributed by atoms with Crippen molar-refractivity contribution in [1.82, 2.24) is 0 Å². The minimum atomic E-state index is -0.950. The lowest BCUT2D eigenvalue weighted by Gasteiger charge is -1.92. The molecule has 0 aromatic carbocycles. The standard InChI is InChI=1S/C2H4NO4P/c3-2(4)6-1-7-8-5/h1H2,(H2,3,4). The summed E-state index contributed by atoms with van der Waals surface area (Å²) in [7, 11) is -0.532. The molecule has 8 heavy (non-hydrogen) atoms. The van der Waals surface area contributed by atoms with Crippen LogP contribution in [-0.4, -0.2) is 12.9 Å². The highest BCUT2D eigenvalue weighted by atomic mass is 31.1. The normalized spacial score (nSPS) is 9.00. The van der Waals surface area contributed by atoms with Crippen molar-refractivity contribution in [3.05, 3.63) is 0 Å². The highest BCUT2D eigenvalue weighted by Crippen LogP contribution is 1.92. The van der Waals surface area contributed by atoms with E-state index in [2.05, 4.69) is 15.0 Å². The molecule has 6 heteroatoms. The van der Waals surface area contributed by atoms with E-state index in [1.807, 2.05) is 0 Å². The molecule has 2 N–H and O–H groups in total. The number of carbonyl (C=O) groups excluding carboxylic acids is 1. The predicted molar refractivity (Wildman–Crippen MR) is 24.2 cm³/mol. The van der Waals surface area contributed by atoms with Crippen LogP contribution in [0.3, 0.4) is 0 Å². The van der Waals surface area contributed by atoms with Crippen LogP contribution < -0.4 is 5.73 Å². The van der Waals surface area contributed by atoms with Crippen LogP contribution in [0, 0.1) is 0 Å². The fraction of sp³-hybridized carbons (Fsp3) is 0.500. The molecule has 46 valence electrons. The molecule has 0 fully saturated rings. The Morgan fingerprint density at radius 3 is 2.75 bits per heavy atom. The number of hydrogen-bond acceptors (Lipinski definition) is 4. The van der Waals surface area contributed by atoms with E-state index in [9.17, 15) is 9.36 Å². The maximum Gasteiger partial charge on any atom is 0.406 e. The van der Waals surface area contributed by atoms with E-state index >= 15 is 0 Å². The topological polar surface area (TPSA) is 78.6 Å². The molecule has 5 nitrogen and oxygen atoms in total. The van der Waals surface area contributed by atoms with E-state index in [1.54, 1.807) is 0 Å². The first-order chi connectivity index (χ1) is 3.77. The zero-order valence-corrected chi connectivity index (χ0v) is 4.76. The lowest BCUT2D eigenvalue weighted by molar-refractivity contribution is 0.0741. The van der Waals surface area contributed by atoms with Gasteiger partial charge in [0, 0.05) is 0 Å². The summed E-state index contributed by atoms with van der Waals surface area (Å²) >= 11 is 0. The second kappa shape index (κ2) is 4.49. The van der Waals surface area contributed by atoms with Gasteiger partial charge >= 0.3 is 14.8 Å². The molecule has 1 amide bonds. The molecule has 0 saturated carbocycles. The van der Waals surface area contributed by atoms with Gasteiger partial charge in [0.05, 0.1) is 0 Å². The monoisotopic (exact) mass is 137 g/mol. The lowest BCUT2D eigenvalue weighted by Crippen LogP contribution is -2.13. The van der Waals surface area contributed by atoms with Crippen molar-refractivity contribution >= 4 is 14.8 Å². The van der Waals surface area contributed by atoms with Crippen LogP contribution in [0.5, 0.6) is 0 Å². The molecule has 0 rings (SSSR count). The maximum atomic E-state index is 9.69. The zero-order chi connectivity index (χ0) is 6.41. The van der Waals surface area contributed by atoms with Gasteiger partial charge in [-0.3, -0.25) is 4.52 Å². The first kappa shape index (κ1) is 7.33. The summed E-state index contributed by atoms with van der Waals surface area (Å²) in [6, 6.07) is 0. The number of hydrogen-bond donors (Lipinski definition) is 1. The van der Waals surface area contributed by atoms with Crippen LogP contribution >= 0.6 is 8.69 Å². The van der Waals surface area contributed by atoms with Gasteiger partial charge in [-0.25, -0.2) is 9.36 Å². The molecular weight excluding hydrogens is 133 g/mol. The first-order valence-electron chi connectivity index (χ1n) is 1.64. The minimum Gasteiger partial charge on any atom is -0.422 e. The number of carbonyl (C=O) groups is 1. The van der Waals surface area contributed by atoms with E-state index in [0.29, 0.717) is 0 Å². The average Bonchev–Trinajstić information content (AvgIpc) is 1.66. The Morgan fingerprint density at radius 1 is 1.75 bits per heavy atom. The number of primary amides is 1. The Bertz CT molecular complexity index is 94.0. The molecule has 0 bridgehead atoms. The van der Waals surface area contributed by atoms with Crippen molar-refractivity contribution in [2.75, 3.05) is 6.79 Å². The SMILES string of the molecule is NC(=O)OCOP=O. The predicted octanol–water partition coefficient (Wildman–Crippen LogP) is 0.263. The van der Waals surface area contributed by atoms with E-state index < -0.39 is 14.8 Å². The molecule has 0 aromatic heterocycles. The third kappa shape index (κ3) is 5.33. The van der Waals surface area contributed by atoms with Gasteiger partial charge in [0.1, 0.15) is 0 Å². The van der Waals surface area contributed by atoms with Crippen molar-refractivity contribution < 1.29 is 18.6 Å². The summed E-state index contributed by atoms with van der Waals surface area (Å²) in [6.07, 6.45) is -0.950. The van der Waals surface area contributed by atoms with Crippen LogP contribution in [0.4, 0.5) is 4.79 Å². The van der Waals surface area contributed by atoms with Crippen molar-refractivity contribution in [3.63, 3.8) is 0 Å². The highest BCUT2D eigenvalue weighted by Gasteiger charge is 1.89. The molecule has 0 heterocycles. The third-order valence-electron chi connectivity index (χ3n) is 0.307. The van der Waals surface area contributed by atoms with Gasteiger partial charge in [-0.2, -0.15) is 0 Å². The molecule has 0 aliphatic carbocycles. The number of ether oxygens (including phenoxy) is 1. The maximum absolute atomic E-state index is 9.69. The first-order valence-corrected chi connectivity index (χ1v) is 2.37. The second-order valence-corrected chi connectivity index (χ2v) is 1.19. The summed E-state index contributed by atoms with van der Waals surface area (Å²) in [6.45, 7) is -0.375. The second-order valence-electron chi connectivity index (χ2n) is 0.785. The summed E-state index contributed by atoms with van der Waals surface area (Å²) in [4.78, 5) is 9.69. The molecule has 0 aliphatic heterocycles. The van der Waals surface area contributed by atoms with Crippen LogP contribution in [0.2, 0.25) is 0 Å². The molecule has 0 saturated heterocycles.